The molecule has 0 saturated carbocycles. The molecule has 0 saturated heterocycles. The third-order valence-electron chi connectivity index (χ3n) is 4.37. The fourth-order valence-electron chi connectivity index (χ4n) is 3.19. The van der Waals surface area contributed by atoms with Crippen molar-refractivity contribution in [2.24, 2.45) is 0 Å². The van der Waals surface area contributed by atoms with E-state index in [0.29, 0.717) is 10.9 Å². The lowest BCUT2D eigenvalue weighted by Gasteiger charge is -2.21. The van der Waals surface area contributed by atoms with Gasteiger partial charge in [-0.1, -0.05) is 30.0 Å². The van der Waals surface area contributed by atoms with Crippen molar-refractivity contribution in [3.05, 3.63) is 51.1 Å². The Morgan fingerprint density at radius 1 is 1.32 bits per heavy atom. The van der Waals surface area contributed by atoms with Crippen LogP contribution in [0.3, 0.4) is 0 Å². The Bertz CT molecular complexity index is 966. The standard InChI is InChI=1S/C18H19N3O2S2/c1-20-8-7-13-14(11-20)25-16-15(13)17(23)21(12-5-3-2-4-6-12)18(19-16)24-10-9-22/h2-6,22H,7-11H2,1H3. The van der Waals surface area contributed by atoms with Crippen molar-refractivity contribution in [1.29, 1.82) is 0 Å². The van der Waals surface area contributed by atoms with Crippen molar-refractivity contribution < 1.29 is 5.11 Å². The van der Waals surface area contributed by atoms with Gasteiger partial charge >= 0.3 is 0 Å². The SMILES string of the molecule is CN1CCc2c(sc3nc(SCCO)n(-c4ccccc4)c(=O)c23)C1. The number of nitrogens with zero attached hydrogens (tertiary/aromatic N) is 3. The summed E-state index contributed by atoms with van der Waals surface area (Å²) in [4.78, 5) is 22.5. The highest BCUT2D eigenvalue weighted by Crippen LogP contribution is 2.33. The number of aliphatic hydroxyl groups is 1. The van der Waals surface area contributed by atoms with Gasteiger partial charge in [0.05, 0.1) is 17.7 Å². The van der Waals surface area contributed by atoms with E-state index in [9.17, 15) is 9.90 Å². The summed E-state index contributed by atoms with van der Waals surface area (Å²) in [6.07, 6.45) is 0.890. The van der Waals surface area contributed by atoms with Crippen LogP contribution in [-0.4, -0.2) is 45.5 Å². The van der Waals surface area contributed by atoms with Crippen LogP contribution in [0.2, 0.25) is 0 Å². The van der Waals surface area contributed by atoms with Crippen molar-refractivity contribution in [3.63, 3.8) is 0 Å². The summed E-state index contributed by atoms with van der Waals surface area (Å²) in [6.45, 7) is 1.89. The lowest BCUT2D eigenvalue weighted by atomic mass is 10.1. The minimum absolute atomic E-state index is 0.00121. The van der Waals surface area contributed by atoms with Crippen LogP contribution in [0.25, 0.3) is 15.9 Å². The van der Waals surface area contributed by atoms with E-state index < -0.39 is 0 Å². The summed E-state index contributed by atoms with van der Waals surface area (Å²) in [7, 11) is 2.10. The fraction of sp³-hybridized carbons (Fsp3) is 0.333. The van der Waals surface area contributed by atoms with Gasteiger partial charge < -0.3 is 10.0 Å². The van der Waals surface area contributed by atoms with E-state index in [1.807, 2.05) is 30.3 Å². The lowest BCUT2D eigenvalue weighted by Crippen LogP contribution is -2.27. The molecule has 1 aromatic carbocycles. The van der Waals surface area contributed by atoms with Gasteiger partial charge in [-0.15, -0.1) is 11.3 Å². The molecule has 25 heavy (non-hydrogen) atoms. The molecule has 0 spiro atoms. The van der Waals surface area contributed by atoms with Crippen molar-refractivity contribution in [3.8, 4) is 5.69 Å². The molecular weight excluding hydrogens is 354 g/mol. The van der Waals surface area contributed by atoms with Crippen LogP contribution in [0.4, 0.5) is 0 Å². The van der Waals surface area contributed by atoms with Crippen LogP contribution >= 0.6 is 23.1 Å². The average Bonchev–Trinajstić information content (AvgIpc) is 2.98. The number of aliphatic hydroxyl groups excluding tert-OH is 1. The molecule has 3 aromatic rings. The molecule has 0 radical (unpaired) electrons. The van der Waals surface area contributed by atoms with E-state index in [0.717, 1.165) is 35.4 Å². The van der Waals surface area contributed by atoms with Crippen LogP contribution in [-0.2, 0) is 13.0 Å². The monoisotopic (exact) mass is 373 g/mol. The van der Waals surface area contributed by atoms with Crippen LogP contribution in [0.1, 0.15) is 10.4 Å². The second-order valence-corrected chi connectivity index (χ2v) is 8.26. The third-order valence-corrected chi connectivity index (χ3v) is 6.40. The molecule has 5 nitrogen and oxygen atoms in total. The first kappa shape index (κ1) is 16.8. The van der Waals surface area contributed by atoms with E-state index in [2.05, 4.69) is 11.9 Å². The highest BCUT2D eigenvalue weighted by Gasteiger charge is 2.24. The quantitative estimate of drug-likeness (QED) is 0.563. The minimum Gasteiger partial charge on any atom is -0.396 e. The number of aromatic nitrogens is 2. The van der Waals surface area contributed by atoms with Crippen LogP contribution in [0.5, 0.6) is 0 Å². The second kappa shape index (κ2) is 6.92. The topological polar surface area (TPSA) is 58.4 Å². The Balaban J connectivity index is 1.98. The maximum atomic E-state index is 13.4. The van der Waals surface area contributed by atoms with E-state index in [1.165, 1.54) is 22.2 Å². The largest absolute Gasteiger partial charge is 0.396 e. The van der Waals surface area contributed by atoms with Crippen LogP contribution < -0.4 is 5.56 Å². The summed E-state index contributed by atoms with van der Waals surface area (Å²) in [5, 5.41) is 10.6. The number of thioether (sulfide) groups is 1. The number of hydrogen-bond donors (Lipinski definition) is 1. The molecule has 0 fully saturated rings. The average molecular weight is 374 g/mol. The van der Waals surface area contributed by atoms with Gasteiger partial charge in [-0.05, 0) is 31.2 Å². The summed E-state index contributed by atoms with van der Waals surface area (Å²) in [5.74, 6) is 0.513. The molecule has 1 aliphatic rings. The molecule has 1 aliphatic heterocycles. The molecule has 0 amide bonds. The summed E-state index contributed by atoms with van der Waals surface area (Å²) >= 11 is 3.04. The Kier molecular flexibility index (Phi) is 4.64. The minimum atomic E-state index is -0.00121. The van der Waals surface area contributed by atoms with Crippen molar-refractivity contribution in [2.75, 3.05) is 26.0 Å². The third kappa shape index (κ3) is 3.01. The maximum absolute atomic E-state index is 13.4. The Morgan fingerprint density at radius 3 is 2.88 bits per heavy atom. The molecule has 1 N–H and O–H groups in total. The smallest absolute Gasteiger partial charge is 0.267 e. The van der Waals surface area contributed by atoms with Crippen molar-refractivity contribution >= 4 is 33.3 Å². The van der Waals surface area contributed by atoms with Crippen LogP contribution in [0, 0.1) is 0 Å². The predicted molar refractivity (Wildman–Crippen MR) is 103 cm³/mol. The molecule has 130 valence electrons. The second-order valence-electron chi connectivity index (χ2n) is 6.11. The first-order chi connectivity index (χ1) is 12.2. The van der Waals surface area contributed by atoms with Gasteiger partial charge in [-0.25, -0.2) is 4.98 Å². The molecule has 0 bridgehead atoms. The Hall–Kier alpha value is -1.67. The normalized spacial score (nSPS) is 14.8. The number of thiophene rings is 1. The van der Waals surface area contributed by atoms with Crippen LogP contribution in [0.15, 0.2) is 40.3 Å². The van der Waals surface area contributed by atoms with E-state index in [-0.39, 0.29) is 12.2 Å². The summed E-state index contributed by atoms with van der Waals surface area (Å²) in [5.41, 5.74) is 1.98. The predicted octanol–water partition coefficient (Wildman–Crippen LogP) is 2.52. The van der Waals surface area contributed by atoms with Gasteiger partial charge in [0.2, 0.25) is 0 Å². The highest BCUT2D eigenvalue weighted by molar-refractivity contribution is 7.99. The molecular formula is C18H19N3O2S2. The number of para-hydroxylation sites is 1. The molecule has 0 aliphatic carbocycles. The number of benzene rings is 1. The molecule has 3 heterocycles. The number of likely N-dealkylation sites (N-methyl/N-ethyl adjacent to an activating group) is 1. The number of fused-ring (bicyclic) bond motifs is 3. The molecule has 0 atom stereocenters. The highest BCUT2D eigenvalue weighted by atomic mass is 32.2. The molecule has 7 heteroatoms. The van der Waals surface area contributed by atoms with E-state index in [4.69, 9.17) is 4.98 Å². The number of hydrogen-bond acceptors (Lipinski definition) is 6. The van der Waals surface area contributed by atoms with Crippen molar-refractivity contribution in [1.82, 2.24) is 14.5 Å². The van der Waals surface area contributed by atoms with Crippen molar-refractivity contribution in [2.45, 2.75) is 18.1 Å². The van der Waals surface area contributed by atoms with E-state index >= 15 is 0 Å². The molecule has 0 unspecified atom stereocenters. The van der Waals surface area contributed by atoms with E-state index in [1.54, 1.807) is 15.9 Å². The van der Waals surface area contributed by atoms with Gasteiger partial charge in [0.15, 0.2) is 5.16 Å². The summed E-state index contributed by atoms with van der Waals surface area (Å²) < 4.78 is 1.69. The first-order valence-corrected chi connectivity index (χ1v) is 10.0. The zero-order chi connectivity index (χ0) is 17.4. The zero-order valence-electron chi connectivity index (χ0n) is 13.9. The fourth-order valence-corrected chi connectivity index (χ4v) is 5.29. The Labute approximate surface area is 153 Å². The van der Waals surface area contributed by atoms with Gasteiger partial charge in [0.25, 0.3) is 5.56 Å². The summed E-state index contributed by atoms with van der Waals surface area (Å²) in [6, 6.07) is 9.62. The Morgan fingerprint density at radius 2 is 2.12 bits per heavy atom. The first-order valence-electron chi connectivity index (χ1n) is 8.24. The van der Waals surface area contributed by atoms with Gasteiger partial charge in [-0.2, -0.15) is 0 Å². The van der Waals surface area contributed by atoms with Gasteiger partial charge in [0.1, 0.15) is 4.83 Å². The molecule has 2 aromatic heterocycles. The van der Waals surface area contributed by atoms with Gasteiger partial charge in [-0.3, -0.25) is 9.36 Å². The zero-order valence-corrected chi connectivity index (χ0v) is 15.6. The lowest BCUT2D eigenvalue weighted by molar-refractivity contribution is 0.318. The van der Waals surface area contributed by atoms with Gasteiger partial charge in [0, 0.05) is 23.7 Å². The molecule has 4 rings (SSSR count). The number of rotatable bonds is 4. The maximum Gasteiger partial charge on any atom is 0.267 e.